The average Bonchev–Trinajstić information content (AvgIpc) is 2.91. The van der Waals surface area contributed by atoms with Crippen LogP contribution in [0.3, 0.4) is 0 Å². The Labute approximate surface area is 205 Å². The van der Waals surface area contributed by atoms with Crippen LogP contribution in [0.4, 0.5) is 5.69 Å². The van der Waals surface area contributed by atoms with E-state index >= 15 is 0 Å². The van der Waals surface area contributed by atoms with Gasteiger partial charge in [-0.15, -0.1) is 0 Å². The third-order valence-electron chi connectivity index (χ3n) is 6.04. The summed E-state index contributed by atoms with van der Waals surface area (Å²) in [5, 5.41) is 2.94. The molecule has 0 bridgehead atoms. The van der Waals surface area contributed by atoms with E-state index in [9.17, 15) is 9.59 Å². The number of carbonyl (C=O) groups is 2. The largest absolute Gasteiger partial charge is 0.496 e. The van der Waals surface area contributed by atoms with E-state index in [1.807, 2.05) is 66.7 Å². The first kappa shape index (κ1) is 24.1. The van der Waals surface area contributed by atoms with Crippen molar-refractivity contribution in [3.8, 4) is 17.2 Å². The van der Waals surface area contributed by atoms with E-state index < -0.39 is 6.10 Å². The van der Waals surface area contributed by atoms with Gasteiger partial charge >= 0.3 is 0 Å². The second-order valence-corrected chi connectivity index (χ2v) is 8.25. The van der Waals surface area contributed by atoms with Gasteiger partial charge in [0.1, 0.15) is 17.2 Å². The number of nitrogens with one attached hydrogen (secondary N) is 1. The molecule has 7 nitrogen and oxygen atoms in total. The van der Waals surface area contributed by atoms with E-state index in [2.05, 4.69) is 5.32 Å². The van der Waals surface area contributed by atoms with Gasteiger partial charge in [-0.05, 0) is 42.7 Å². The minimum atomic E-state index is -0.787. The van der Waals surface area contributed by atoms with Crippen molar-refractivity contribution in [3.05, 3.63) is 83.9 Å². The smallest absolute Gasteiger partial charge is 0.262 e. The molecule has 0 aromatic heterocycles. The molecule has 0 aliphatic carbocycles. The zero-order valence-electron chi connectivity index (χ0n) is 20.0. The van der Waals surface area contributed by atoms with Crippen molar-refractivity contribution in [1.82, 2.24) is 5.32 Å². The molecule has 0 unspecified atom stereocenters. The predicted octanol–water partition coefficient (Wildman–Crippen LogP) is 3.79. The number of amides is 2. The van der Waals surface area contributed by atoms with Gasteiger partial charge < -0.3 is 24.4 Å². The number of ether oxygens (including phenoxy) is 3. The summed E-state index contributed by atoms with van der Waals surface area (Å²) in [7, 11) is 3.19. The van der Waals surface area contributed by atoms with Crippen molar-refractivity contribution in [2.24, 2.45) is 0 Å². The molecular weight excluding hydrogens is 444 g/mol. The Morgan fingerprint density at radius 1 is 0.914 bits per heavy atom. The average molecular weight is 475 g/mol. The number of fused-ring (bicyclic) bond motifs is 1. The third kappa shape index (κ3) is 5.74. The molecular formula is C28H30N2O5. The fourth-order valence-electron chi connectivity index (χ4n) is 4.24. The van der Waals surface area contributed by atoms with Crippen LogP contribution in [0, 0.1) is 0 Å². The first-order chi connectivity index (χ1) is 17.1. The van der Waals surface area contributed by atoms with Gasteiger partial charge in [-0.3, -0.25) is 9.59 Å². The van der Waals surface area contributed by atoms with E-state index in [1.54, 1.807) is 25.2 Å². The van der Waals surface area contributed by atoms with E-state index in [1.165, 1.54) is 0 Å². The molecule has 1 atom stereocenters. The predicted molar refractivity (Wildman–Crippen MR) is 134 cm³/mol. The van der Waals surface area contributed by atoms with Crippen LogP contribution in [0.1, 0.15) is 17.5 Å². The topological polar surface area (TPSA) is 77.1 Å². The molecule has 1 heterocycles. The fourth-order valence-corrected chi connectivity index (χ4v) is 4.24. The molecule has 3 aromatic carbocycles. The van der Waals surface area contributed by atoms with Crippen molar-refractivity contribution in [3.63, 3.8) is 0 Å². The lowest BCUT2D eigenvalue weighted by Crippen LogP contribution is -2.51. The van der Waals surface area contributed by atoms with Crippen molar-refractivity contribution >= 4 is 17.5 Å². The number of methoxy groups -OCH3 is 2. The number of hydrogen-bond donors (Lipinski definition) is 1. The summed E-state index contributed by atoms with van der Waals surface area (Å²) in [6.07, 6.45) is 0.608. The Morgan fingerprint density at radius 3 is 2.31 bits per heavy atom. The highest BCUT2D eigenvalue weighted by Crippen LogP contribution is 2.35. The van der Waals surface area contributed by atoms with Crippen LogP contribution < -0.4 is 24.4 Å². The highest BCUT2D eigenvalue weighted by atomic mass is 16.5. The molecule has 3 aromatic rings. The van der Waals surface area contributed by atoms with Gasteiger partial charge in [0.05, 0.1) is 26.5 Å². The summed E-state index contributed by atoms with van der Waals surface area (Å²) in [4.78, 5) is 27.9. The third-order valence-corrected chi connectivity index (χ3v) is 6.04. The molecule has 0 saturated carbocycles. The number of nitrogens with zero attached hydrogens (tertiary/aromatic N) is 1. The van der Waals surface area contributed by atoms with Gasteiger partial charge in [0.2, 0.25) is 5.91 Å². The van der Waals surface area contributed by atoms with Gasteiger partial charge in [0.15, 0.2) is 6.10 Å². The highest BCUT2D eigenvalue weighted by molar-refractivity contribution is 5.97. The van der Waals surface area contributed by atoms with Crippen LogP contribution in [-0.4, -0.2) is 45.2 Å². The zero-order valence-corrected chi connectivity index (χ0v) is 20.0. The normalized spacial score (nSPS) is 14.5. The zero-order chi connectivity index (χ0) is 24.6. The van der Waals surface area contributed by atoms with Crippen molar-refractivity contribution in [2.45, 2.75) is 25.4 Å². The van der Waals surface area contributed by atoms with E-state index in [0.717, 1.165) is 17.5 Å². The maximum Gasteiger partial charge on any atom is 0.262 e. The molecule has 182 valence electrons. The van der Waals surface area contributed by atoms with E-state index in [-0.39, 0.29) is 24.8 Å². The van der Waals surface area contributed by atoms with Crippen molar-refractivity contribution < 1.29 is 23.8 Å². The summed E-state index contributed by atoms with van der Waals surface area (Å²) in [6, 6.07) is 22.8. The van der Waals surface area contributed by atoms with Crippen LogP contribution >= 0.6 is 0 Å². The van der Waals surface area contributed by atoms with Crippen LogP contribution in [0.25, 0.3) is 0 Å². The number of para-hydroxylation sites is 2. The molecule has 1 N–H and O–H groups in total. The van der Waals surface area contributed by atoms with Gasteiger partial charge in [-0.25, -0.2) is 0 Å². The minimum absolute atomic E-state index is 0.101. The highest BCUT2D eigenvalue weighted by Gasteiger charge is 2.33. The molecule has 1 aliphatic heterocycles. The molecule has 2 amide bonds. The van der Waals surface area contributed by atoms with Crippen LogP contribution in [0.2, 0.25) is 0 Å². The Kier molecular flexibility index (Phi) is 7.88. The standard InChI is InChI=1S/C28H30N2O5/c1-33-23-13-8-14-24(34-2)21(23)15-16-27(31)30-19-26(35-25-12-7-6-11-22(25)30)28(32)29-18-17-20-9-4-3-5-10-20/h3-14,26H,15-19H2,1-2H3,(H,29,32)/t26-/m0/s1. The lowest BCUT2D eigenvalue weighted by atomic mass is 10.1. The second kappa shape index (κ2) is 11.4. The lowest BCUT2D eigenvalue weighted by Gasteiger charge is -2.34. The second-order valence-electron chi connectivity index (χ2n) is 8.25. The summed E-state index contributed by atoms with van der Waals surface area (Å²) in [6.45, 7) is 0.641. The fraction of sp³-hybridized carbons (Fsp3) is 0.286. The Hall–Kier alpha value is -4.00. The van der Waals surface area contributed by atoms with Crippen molar-refractivity contribution in [1.29, 1.82) is 0 Å². The monoisotopic (exact) mass is 474 g/mol. The van der Waals surface area contributed by atoms with E-state index in [0.29, 0.717) is 35.9 Å². The molecule has 0 saturated heterocycles. The molecule has 7 heteroatoms. The van der Waals surface area contributed by atoms with Crippen LogP contribution in [0.15, 0.2) is 72.8 Å². The number of anilines is 1. The summed E-state index contributed by atoms with van der Waals surface area (Å²) in [5.74, 6) is 1.53. The van der Waals surface area contributed by atoms with Gasteiger partial charge in [-0.2, -0.15) is 0 Å². The molecule has 35 heavy (non-hydrogen) atoms. The number of benzene rings is 3. The quantitative estimate of drug-likeness (QED) is 0.511. The van der Waals surface area contributed by atoms with Crippen molar-refractivity contribution in [2.75, 3.05) is 32.2 Å². The Morgan fingerprint density at radius 2 is 1.60 bits per heavy atom. The van der Waals surface area contributed by atoms with E-state index in [4.69, 9.17) is 14.2 Å². The van der Waals surface area contributed by atoms with Crippen LogP contribution in [0.5, 0.6) is 17.2 Å². The minimum Gasteiger partial charge on any atom is -0.496 e. The number of carbonyl (C=O) groups excluding carboxylic acids is 2. The number of hydrogen-bond acceptors (Lipinski definition) is 5. The molecule has 0 spiro atoms. The Balaban J connectivity index is 1.44. The van der Waals surface area contributed by atoms with Gasteiger partial charge in [-0.1, -0.05) is 48.5 Å². The van der Waals surface area contributed by atoms with Crippen LogP contribution in [-0.2, 0) is 22.4 Å². The molecule has 0 fully saturated rings. The first-order valence-electron chi connectivity index (χ1n) is 11.7. The maximum absolute atomic E-state index is 13.4. The number of rotatable bonds is 9. The summed E-state index contributed by atoms with van der Waals surface area (Å²) >= 11 is 0. The Bertz CT molecular complexity index is 1140. The summed E-state index contributed by atoms with van der Waals surface area (Å²) in [5.41, 5.74) is 2.65. The lowest BCUT2D eigenvalue weighted by molar-refractivity contribution is -0.128. The first-order valence-corrected chi connectivity index (χ1v) is 11.7. The van der Waals surface area contributed by atoms with Gasteiger partial charge in [0.25, 0.3) is 5.91 Å². The SMILES string of the molecule is COc1cccc(OC)c1CCC(=O)N1C[C@@H](C(=O)NCCc2ccccc2)Oc2ccccc21. The van der Waals surface area contributed by atoms with Gasteiger partial charge in [0, 0.05) is 18.5 Å². The molecule has 1 aliphatic rings. The summed E-state index contributed by atoms with van der Waals surface area (Å²) < 4.78 is 16.9. The maximum atomic E-state index is 13.4. The molecule has 4 rings (SSSR count). The molecule has 0 radical (unpaired) electrons.